The molecule has 1 aliphatic heterocycles. The van der Waals surface area contributed by atoms with E-state index in [2.05, 4.69) is 10.1 Å². The second kappa shape index (κ2) is 9.73. The smallest absolute Gasteiger partial charge is 0.306 e. The van der Waals surface area contributed by atoms with Crippen molar-refractivity contribution in [2.75, 3.05) is 0 Å². The summed E-state index contributed by atoms with van der Waals surface area (Å²) in [5.74, 6) is -2.36. The Morgan fingerprint density at radius 2 is 1.79 bits per heavy atom. The van der Waals surface area contributed by atoms with Gasteiger partial charge in [-0.1, -0.05) is 53.6 Å². The molecule has 0 spiro atoms. The van der Waals surface area contributed by atoms with Crippen LogP contribution in [-0.4, -0.2) is 38.9 Å². The quantitative estimate of drug-likeness (QED) is 0.505. The maximum atomic E-state index is 14.6. The number of aromatic nitrogens is 1. The van der Waals surface area contributed by atoms with Crippen molar-refractivity contribution in [3.63, 3.8) is 0 Å². The average Bonchev–Trinajstić information content (AvgIpc) is 3.24. The number of alkyl halides is 1. The van der Waals surface area contributed by atoms with Crippen molar-refractivity contribution in [3.8, 4) is 11.1 Å². The average molecular weight is 480 g/mol. The zero-order chi connectivity index (χ0) is 24.4. The molecule has 1 aliphatic rings. The molecule has 8 heteroatoms. The topological polar surface area (TPSA) is 82.9 Å². The van der Waals surface area contributed by atoms with Gasteiger partial charge in [0, 0.05) is 29.4 Å². The van der Waals surface area contributed by atoms with Gasteiger partial charge in [0.2, 0.25) is 0 Å². The minimum atomic E-state index is -2.19. The van der Waals surface area contributed by atoms with Gasteiger partial charge in [0.15, 0.2) is 6.17 Å². The van der Waals surface area contributed by atoms with Gasteiger partial charge in [-0.2, -0.15) is 5.10 Å². The van der Waals surface area contributed by atoms with E-state index in [0.717, 1.165) is 38.4 Å². The van der Waals surface area contributed by atoms with Crippen LogP contribution in [-0.2, 0) is 9.59 Å². The number of amides is 1. The summed E-state index contributed by atoms with van der Waals surface area (Å²) in [7, 11) is 0. The molecule has 1 N–H and O–H groups in total. The summed E-state index contributed by atoms with van der Waals surface area (Å²) in [5, 5.41) is 15.2. The number of carbonyl (C=O) groups is 2. The monoisotopic (exact) mass is 479 g/mol. The first kappa shape index (κ1) is 23.6. The van der Waals surface area contributed by atoms with Crippen molar-refractivity contribution in [3.05, 3.63) is 88.2 Å². The van der Waals surface area contributed by atoms with Crippen molar-refractivity contribution < 1.29 is 19.1 Å². The molecule has 0 radical (unpaired) electrons. The first-order chi connectivity index (χ1) is 16.2. The van der Waals surface area contributed by atoms with Crippen molar-refractivity contribution >= 4 is 29.2 Å². The van der Waals surface area contributed by atoms with Gasteiger partial charge in [-0.15, -0.1) is 0 Å². The Bertz CT molecular complexity index is 1260. The molecule has 2 aromatic carbocycles. The van der Waals surface area contributed by atoms with Gasteiger partial charge < -0.3 is 5.11 Å². The van der Waals surface area contributed by atoms with Gasteiger partial charge in [0.25, 0.3) is 5.91 Å². The summed E-state index contributed by atoms with van der Waals surface area (Å²) in [5.41, 5.74) is 5.84. The van der Waals surface area contributed by atoms with Crippen molar-refractivity contribution in [1.82, 2.24) is 9.99 Å². The largest absolute Gasteiger partial charge is 0.481 e. The number of rotatable bonds is 6. The molecule has 34 heavy (non-hydrogen) atoms. The molecule has 0 aliphatic carbocycles. The van der Waals surface area contributed by atoms with Crippen LogP contribution in [0.15, 0.2) is 66.0 Å². The molecule has 4 rings (SSSR count). The highest BCUT2D eigenvalue weighted by molar-refractivity contribution is 6.30. The number of halogens is 2. The summed E-state index contributed by atoms with van der Waals surface area (Å²) in [6.45, 7) is 3.88. The lowest BCUT2D eigenvalue weighted by Gasteiger charge is -2.23. The third-order valence-corrected chi connectivity index (χ3v) is 6.05. The van der Waals surface area contributed by atoms with Crippen molar-refractivity contribution in [2.45, 2.75) is 38.9 Å². The number of benzene rings is 2. The molecule has 1 unspecified atom stereocenters. The molecule has 2 atom stereocenters. The molecule has 0 fully saturated rings. The fraction of sp³-hybridized carbons (Fsp3) is 0.231. The number of hydrazone groups is 1. The number of aryl methyl sites for hydroxylation is 2. The van der Waals surface area contributed by atoms with E-state index < -0.39 is 30.5 Å². The number of hydrogen-bond donors (Lipinski definition) is 1. The lowest BCUT2D eigenvalue weighted by atomic mass is 9.91. The number of nitrogens with zero attached hydrogens (tertiary/aromatic N) is 3. The molecule has 0 saturated heterocycles. The maximum Gasteiger partial charge on any atom is 0.306 e. The zero-order valence-electron chi connectivity index (χ0n) is 18.7. The van der Waals surface area contributed by atoms with E-state index in [9.17, 15) is 14.0 Å². The van der Waals surface area contributed by atoms with Crippen LogP contribution in [0, 0.1) is 13.8 Å². The summed E-state index contributed by atoms with van der Waals surface area (Å²) >= 11 is 6.07. The molecule has 174 valence electrons. The molecule has 0 bridgehead atoms. The fourth-order valence-corrected chi connectivity index (χ4v) is 4.22. The fourth-order valence-electron chi connectivity index (χ4n) is 4.09. The number of hydrogen-bond acceptors (Lipinski definition) is 4. The molecular weight excluding hydrogens is 457 g/mol. The van der Waals surface area contributed by atoms with Crippen LogP contribution < -0.4 is 0 Å². The van der Waals surface area contributed by atoms with E-state index in [1.165, 1.54) is 0 Å². The van der Waals surface area contributed by atoms with E-state index in [0.29, 0.717) is 17.2 Å². The number of carbonyl (C=O) groups excluding carboxylic acids is 1. The molecule has 0 saturated carbocycles. The van der Waals surface area contributed by atoms with Gasteiger partial charge in [-0.3, -0.25) is 14.6 Å². The predicted molar refractivity (Wildman–Crippen MR) is 128 cm³/mol. The van der Waals surface area contributed by atoms with E-state index in [-0.39, 0.29) is 0 Å². The zero-order valence-corrected chi connectivity index (χ0v) is 19.5. The molecule has 1 aromatic heterocycles. The Morgan fingerprint density at radius 1 is 1.12 bits per heavy atom. The van der Waals surface area contributed by atoms with Crippen LogP contribution in [0.5, 0.6) is 0 Å². The Hall–Kier alpha value is -3.58. The number of pyridine rings is 1. The Kier molecular flexibility index (Phi) is 6.75. The van der Waals surface area contributed by atoms with Crippen LogP contribution >= 0.6 is 11.6 Å². The standard InChI is InChI=1S/C26H23ClFN3O3/c1-15-3-5-17(6-4-15)23-12-22(30-31(23)26(34)21(28)11-24(32)33)20-14-29-13-16(2)25(20)18-7-9-19(27)10-8-18/h3-10,13-14,21,23H,11-12H2,1-2H3,(H,32,33)/t21?,23-/m1/s1. The second-order valence-corrected chi connectivity index (χ2v) is 8.75. The summed E-state index contributed by atoms with van der Waals surface area (Å²) < 4.78 is 14.6. The van der Waals surface area contributed by atoms with Gasteiger partial charge >= 0.3 is 5.97 Å². The highest BCUT2D eigenvalue weighted by Gasteiger charge is 2.38. The predicted octanol–water partition coefficient (Wildman–Crippen LogP) is 5.51. The molecular formula is C26H23ClFN3O3. The van der Waals surface area contributed by atoms with E-state index in [4.69, 9.17) is 16.7 Å². The number of aliphatic carboxylic acids is 1. The molecule has 1 amide bonds. The van der Waals surface area contributed by atoms with Crippen LogP contribution in [0.1, 0.15) is 41.1 Å². The number of carboxylic acid groups (broad SMARTS) is 1. The normalized spacial score (nSPS) is 16.3. The SMILES string of the molecule is Cc1ccc([C@H]2CC(c3cncc(C)c3-c3ccc(Cl)cc3)=NN2C(=O)C(F)CC(=O)O)cc1. The van der Waals surface area contributed by atoms with Crippen LogP contribution in [0.2, 0.25) is 5.02 Å². The Balaban J connectivity index is 1.79. The Labute approximate surface area is 201 Å². The second-order valence-electron chi connectivity index (χ2n) is 8.31. The van der Waals surface area contributed by atoms with Gasteiger partial charge in [0.05, 0.1) is 18.2 Å². The minimum Gasteiger partial charge on any atom is -0.481 e. The van der Waals surface area contributed by atoms with Gasteiger partial charge in [0.1, 0.15) is 0 Å². The number of carboxylic acids is 1. The van der Waals surface area contributed by atoms with E-state index >= 15 is 0 Å². The summed E-state index contributed by atoms with van der Waals surface area (Å²) in [6.07, 6.45) is 0.650. The lowest BCUT2D eigenvalue weighted by Crippen LogP contribution is -2.35. The summed E-state index contributed by atoms with van der Waals surface area (Å²) in [6, 6.07) is 14.4. The highest BCUT2D eigenvalue weighted by atomic mass is 35.5. The van der Waals surface area contributed by atoms with Crippen molar-refractivity contribution in [2.24, 2.45) is 5.10 Å². The van der Waals surface area contributed by atoms with Crippen LogP contribution in [0.4, 0.5) is 4.39 Å². The van der Waals surface area contributed by atoms with Crippen molar-refractivity contribution in [1.29, 1.82) is 0 Å². The van der Waals surface area contributed by atoms with Gasteiger partial charge in [-0.05, 0) is 48.2 Å². The lowest BCUT2D eigenvalue weighted by molar-refractivity contribution is -0.146. The first-order valence-electron chi connectivity index (χ1n) is 10.8. The molecule has 6 nitrogen and oxygen atoms in total. The highest BCUT2D eigenvalue weighted by Crippen LogP contribution is 2.37. The van der Waals surface area contributed by atoms with E-state index in [1.54, 1.807) is 24.5 Å². The molecule has 3 aromatic rings. The molecule has 2 heterocycles. The van der Waals surface area contributed by atoms with Crippen LogP contribution in [0.25, 0.3) is 11.1 Å². The first-order valence-corrected chi connectivity index (χ1v) is 11.2. The van der Waals surface area contributed by atoms with Gasteiger partial charge in [-0.25, -0.2) is 9.40 Å². The maximum absolute atomic E-state index is 14.6. The van der Waals surface area contributed by atoms with E-state index in [1.807, 2.05) is 50.2 Å². The Morgan fingerprint density at radius 3 is 2.44 bits per heavy atom. The minimum absolute atomic E-state index is 0.334. The summed E-state index contributed by atoms with van der Waals surface area (Å²) in [4.78, 5) is 28.2. The third-order valence-electron chi connectivity index (χ3n) is 5.80. The third kappa shape index (κ3) is 4.84. The van der Waals surface area contributed by atoms with Crippen LogP contribution in [0.3, 0.4) is 0 Å².